The number of Topliss-reactive ketones (excluding diaryl/α,β-unsaturated/α-hetero) is 1. The van der Waals surface area contributed by atoms with Gasteiger partial charge in [0.15, 0.2) is 5.78 Å². The molecule has 45 heavy (non-hydrogen) atoms. The molecule has 0 radical (unpaired) electrons. The molecule has 3 aromatic rings. The average Bonchev–Trinajstić information content (AvgIpc) is 3.54. The van der Waals surface area contributed by atoms with E-state index in [0.717, 1.165) is 72.8 Å². The lowest BCUT2D eigenvalue weighted by atomic mass is 9.76. The number of benzene rings is 2. The maximum absolute atomic E-state index is 15.4. The third-order valence-corrected chi connectivity index (χ3v) is 9.40. The Morgan fingerprint density at radius 3 is 2.49 bits per heavy atom. The first-order valence-corrected chi connectivity index (χ1v) is 16.2. The number of aromatic nitrogens is 1. The second kappa shape index (κ2) is 13.2. The van der Waals surface area contributed by atoms with Crippen LogP contribution in [-0.2, 0) is 11.8 Å². The van der Waals surface area contributed by atoms with Crippen molar-refractivity contribution < 1.29 is 23.8 Å². The van der Waals surface area contributed by atoms with E-state index in [1.165, 1.54) is 6.07 Å². The molecule has 0 amide bonds. The van der Waals surface area contributed by atoms with Crippen molar-refractivity contribution in [2.75, 3.05) is 0 Å². The van der Waals surface area contributed by atoms with Gasteiger partial charge in [0.25, 0.3) is 0 Å². The third kappa shape index (κ3) is 7.49. The number of hydrogen-bond donors (Lipinski definition) is 1. The van der Waals surface area contributed by atoms with Crippen LogP contribution in [0.15, 0.2) is 72.6 Å². The smallest absolute Gasteiger partial charge is 0.337 e. The van der Waals surface area contributed by atoms with Crippen molar-refractivity contribution in [3.8, 4) is 28.0 Å². The van der Waals surface area contributed by atoms with Gasteiger partial charge in [0, 0.05) is 37.0 Å². The standard InChI is InChI=1S/C39H46FNO4/c1-24(2)20-39(4,5)21-25(3)35(42)18-26-13-15-29(17-26)45-36-16-14-28(32-22-41(6)23-33(32)38(43)44)19-31(36)30-11-8-12-34(40)37(30)27-9-7-10-27/h8,11-12,14,16,19,21-23,26-27,29H,1,7,9-10,13,15,17-18,20H2,2-6H3,(H,43,44)/b25-21+/t26-,29-/m1/s1. The summed E-state index contributed by atoms with van der Waals surface area (Å²) in [5.41, 5.74) is 5.63. The van der Waals surface area contributed by atoms with Gasteiger partial charge in [-0.15, -0.1) is 6.58 Å². The van der Waals surface area contributed by atoms with Crippen LogP contribution in [0.2, 0.25) is 0 Å². The molecule has 1 N–H and O–H groups in total. The lowest BCUT2D eigenvalue weighted by Crippen LogP contribution is -2.16. The number of carboxylic acid groups (broad SMARTS) is 1. The molecule has 0 saturated heterocycles. The molecule has 5 nitrogen and oxygen atoms in total. The summed E-state index contributed by atoms with van der Waals surface area (Å²) in [6, 6.07) is 10.9. The number of allylic oxidation sites excluding steroid dienone is 3. The molecule has 2 fully saturated rings. The minimum absolute atomic E-state index is 0.0661. The van der Waals surface area contributed by atoms with Crippen molar-refractivity contribution in [3.05, 3.63) is 89.5 Å². The van der Waals surface area contributed by atoms with Gasteiger partial charge in [-0.3, -0.25) is 4.79 Å². The van der Waals surface area contributed by atoms with Crippen molar-refractivity contribution in [1.82, 2.24) is 4.57 Å². The Morgan fingerprint density at radius 1 is 1.07 bits per heavy atom. The predicted molar refractivity (Wildman–Crippen MR) is 178 cm³/mol. The zero-order chi connectivity index (χ0) is 32.5. The monoisotopic (exact) mass is 611 g/mol. The Bertz CT molecular complexity index is 1640. The molecular formula is C39H46FNO4. The van der Waals surface area contributed by atoms with Crippen LogP contribution >= 0.6 is 0 Å². The number of ether oxygens (including phenoxy) is 1. The van der Waals surface area contributed by atoms with E-state index in [1.807, 2.05) is 38.1 Å². The summed E-state index contributed by atoms with van der Waals surface area (Å²) >= 11 is 0. The first-order valence-electron chi connectivity index (χ1n) is 16.2. The summed E-state index contributed by atoms with van der Waals surface area (Å²) in [5.74, 6) is 0.0236. The molecule has 0 spiro atoms. The van der Waals surface area contributed by atoms with Crippen molar-refractivity contribution in [2.24, 2.45) is 18.4 Å². The fraction of sp³-hybridized carbons (Fsp3) is 0.436. The zero-order valence-electron chi connectivity index (χ0n) is 27.3. The van der Waals surface area contributed by atoms with Gasteiger partial charge in [0.1, 0.15) is 11.6 Å². The van der Waals surface area contributed by atoms with Crippen LogP contribution in [0.25, 0.3) is 22.3 Å². The van der Waals surface area contributed by atoms with Crippen LogP contribution < -0.4 is 4.74 Å². The number of aromatic carboxylic acids is 1. The fourth-order valence-electron chi connectivity index (χ4n) is 7.30. The van der Waals surface area contributed by atoms with Gasteiger partial charge in [-0.25, -0.2) is 9.18 Å². The van der Waals surface area contributed by atoms with Gasteiger partial charge in [-0.2, -0.15) is 0 Å². The highest BCUT2D eigenvalue weighted by Crippen LogP contribution is 2.46. The van der Waals surface area contributed by atoms with E-state index in [-0.39, 0.29) is 40.5 Å². The van der Waals surface area contributed by atoms with E-state index in [1.54, 1.807) is 30.1 Å². The fourth-order valence-corrected chi connectivity index (χ4v) is 7.30. The first kappa shape index (κ1) is 32.5. The van der Waals surface area contributed by atoms with Crippen molar-refractivity contribution >= 4 is 11.8 Å². The summed E-state index contributed by atoms with van der Waals surface area (Å²) in [6.07, 6.45) is 12.3. The third-order valence-electron chi connectivity index (χ3n) is 9.40. The average molecular weight is 612 g/mol. The highest BCUT2D eigenvalue weighted by atomic mass is 19.1. The molecule has 238 valence electrons. The molecule has 2 aliphatic rings. The van der Waals surface area contributed by atoms with E-state index in [0.29, 0.717) is 23.3 Å². The minimum atomic E-state index is -0.996. The highest BCUT2D eigenvalue weighted by molar-refractivity contribution is 5.97. The number of hydrogen-bond acceptors (Lipinski definition) is 3. The molecular weight excluding hydrogens is 565 g/mol. The maximum atomic E-state index is 15.4. The largest absolute Gasteiger partial charge is 0.490 e. The molecule has 1 heterocycles. The molecule has 2 atom stereocenters. The Kier molecular flexibility index (Phi) is 9.52. The van der Waals surface area contributed by atoms with Gasteiger partial charge < -0.3 is 14.4 Å². The van der Waals surface area contributed by atoms with Gasteiger partial charge >= 0.3 is 5.97 Å². The molecule has 2 aromatic carbocycles. The number of carboxylic acids is 1. The normalized spacial score (nSPS) is 18.9. The second-order valence-electron chi connectivity index (χ2n) is 14.1. The number of carbonyl (C=O) groups is 2. The molecule has 6 heteroatoms. The van der Waals surface area contributed by atoms with Gasteiger partial charge in [0.2, 0.25) is 0 Å². The summed E-state index contributed by atoms with van der Waals surface area (Å²) < 4.78 is 23.8. The van der Waals surface area contributed by atoms with Gasteiger partial charge in [-0.05, 0) is 110 Å². The minimum Gasteiger partial charge on any atom is -0.490 e. The summed E-state index contributed by atoms with van der Waals surface area (Å²) in [4.78, 5) is 25.2. The molecule has 2 saturated carbocycles. The van der Waals surface area contributed by atoms with Crippen molar-refractivity contribution in [3.63, 3.8) is 0 Å². The van der Waals surface area contributed by atoms with Crippen LogP contribution in [-0.4, -0.2) is 27.5 Å². The van der Waals surface area contributed by atoms with Crippen molar-refractivity contribution in [2.45, 2.75) is 91.1 Å². The van der Waals surface area contributed by atoms with E-state index in [4.69, 9.17) is 4.74 Å². The van der Waals surface area contributed by atoms with Gasteiger partial charge in [0.05, 0.1) is 11.7 Å². The molecule has 5 rings (SSSR count). The molecule has 1 aromatic heterocycles. The Labute approximate surface area is 266 Å². The Balaban J connectivity index is 1.41. The molecule has 2 aliphatic carbocycles. The maximum Gasteiger partial charge on any atom is 0.337 e. The topological polar surface area (TPSA) is 68.5 Å². The molecule has 0 aliphatic heterocycles. The molecule has 0 unspecified atom stereocenters. The first-order chi connectivity index (χ1) is 21.3. The van der Waals surface area contributed by atoms with Crippen LogP contribution in [0, 0.1) is 17.2 Å². The van der Waals surface area contributed by atoms with Crippen LogP contribution in [0.4, 0.5) is 4.39 Å². The number of halogens is 1. The number of carbonyl (C=O) groups excluding carboxylic acids is 1. The number of ketones is 1. The van der Waals surface area contributed by atoms with E-state index >= 15 is 4.39 Å². The summed E-state index contributed by atoms with van der Waals surface area (Å²) in [7, 11) is 1.80. The van der Waals surface area contributed by atoms with E-state index in [2.05, 4.69) is 26.5 Å². The quantitative estimate of drug-likeness (QED) is 0.163. The predicted octanol–water partition coefficient (Wildman–Crippen LogP) is 9.91. The zero-order valence-corrected chi connectivity index (χ0v) is 27.3. The summed E-state index contributed by atoms with van der Waals surface area (Å²) in [6.45, 7) is 12.2. The van der Waals surface area contributed by atoms with Crippen LogP contribution in [0.5, 0.6) is 5.75 Å². The number of nitrogens with zero attached hydrogens (tertiary/aromatic N) is 1. The molecule has 0 bridgehead atoms. The Morgan fingerprint density at radius 2 is 1.82 bits per heavy atom. The highest BCUT2D eigenvalue weighted by Gasteiger charge is 2.31. The number of rotatable bonds is 12. The van der Waals surface area contributed by atoms with E-state index in [9.17, 15) is 14.7 Å². The van der Waals surface area contributed by atoms with E-state index < -0.39 is 5.97 Å². The Hall–Kier alpha value is -3.93. The number of aryl methyl sites for hydroxylation is 1. The SMILES string of the molecule is C=C(C)CC(C)(C)/C=C(\C)C(=O)C[C@@H]1CC[C@@H](Oc2ccc(-c3cn(C)cc3C(=O)O)cc2-c2cccc(F)c2C2CCC2)C1. The second-order valence-corrected chi connectivity index (χ2v) is 14.1. The van der Waals surface area contributed by atoms with Crippen molar-refractivity contribution in [1.29, 1.82) is 0 Å². The summed E-state index contributed by atoms with van der Waals surface area (Å²) in [5, 5.41) is 9.86. The lowest BCUT2D eigenvalue weighted by molar-refractivity contribution is -0.116. The lowest BCUT2D eigenvalue weighted by Gasteiger charge is -2.29. The van der Waals surface area contributed by atoms with Gasteiger partial charge in [-0.1, -0.05) is 50.1 Å². The van der Waals surface area contributed by atoms with Crippen LogP contribution in [0.3, 0.4) is 0 Å². The van der Waals surface area contributed by atoms with Crippen LogP contribution in [0.1, 0.15) is 101 Å².